The molecule has 20 heavy (non-hydrogen) atoms. The molecule has 0 unspecified atom stereocenters. The molecule has 5 heteroatoms. The number of carbonyl (C=O) groups is 1. The van der Waals surface area contributed by atoms with Crippen LogP contribution in [0.3, 0.4) is 0 Å². The molecule has 1 aromatic carbocycles. The van der Waals surface area contributed by atoms with Gasteiger partial charge in [-0.3, -0.25) is 4.79 Å². The number of thioether (sulfide) groups is 1. The number of piperidine rings is 1. The number of carbonyl (C=O) groups excluding carboxylic acids is 1. The number of hydrogen-bond donors (Lipinski definition) is 0. The van der Waals surface area contributed by atoms with Crippen molar-refractivity contribution < 1.29 is 4.79 Å². The first kappa shape index (κ1) is 15.2. The van der Waals surface area contributed by atoms with Crippen LogP contribution in [0.1, 0.15) is 28.8 Å². The molecule has 0 N–H and O–H groups in total. The van der Waals surface area contributed by atoms with E-state index in [9.17, 15) is 10.1 Å². The quantitative estimate of drug-likeness (QED) is 0.840. The molecule has 0 aromatic heterocycles. The van der Waals surface area contributed by atoms with E-state index in [1.165, 1.54) is 0 Å². The van der Waals surface area contributed by atoms with Crippen molar-refractivity contribution in [1.82, 2.24) is 4.90 Å². The number of likely N-dealkylation sites (tertiary alicyclic amines) is 1. The van der Waals surface area contributed by atoms with Gasteiger partial charge in [-0.1, -0.05) is 17.7 Å². The van der Waals surface area contributed by atoms with Gasteiger partial charge in [0, 0.05) is 13.1 Å². The number of halogens is 1. The van der Waals surface area contributed by atoms with E-state index in [1.54, 1.807) is 28.8 Å². The molecule has 1 saturated heterocycles. The highest BCUT2D eigenvalue weighted by atomic mass is 35.5. The predicted octanol–water partition coefficient (Wildman–Crippen LogP) is 3.51. The molecular formula is C15H17ClN2OS. The highest BCUT2D eigenvalue weighted by molar-refractivity contribution is 8.00. The lowest BCUT2D eigenvalue weighted by molar-refractivity contribution is 0.0717. The van der Waals surface area contributed by atoms with E-state index in [4.69, 9.17) is 11.6 Å². The number of amides is 1. The zero-order valence-electron chi connectivity index (χ0n) is 11.6. The maximum absolute atomic E-state index is 12.5. The van der Waals surface area contributed by atoms with E-state index in [2.05, 4.69) is 6.07 Å². The van der Waals surface area contributed by atoms with Gasteiger partial charge in [-0.15, -0.1) is 11.8 Å². The predicted molar refractivity (Wildman–Crippen MR) is 83.2 cm³/mol. The monoisotopic (exact) mass is 308 g/mol. The second-order valence-electron chi connectivity index (χ2n) is 5.09. The molecule has 0 bridgehead atoms. The summed E-state index contributed by atoms with van der Waals surface area (Å²) in [4.78, 5) is 14.3. The molecule has 0 saturated carbocycles. The minimum atomic E-state index is -0.339. The summed E-state index contributed by atoms with van der Waals surface area (Å²) in [6, 6.07) is 7.86. The van der Waals surface area contributed by atoms with E-state index in [-0.39, 0.29) is 10.7 Å². The van der Waals surface area contributed by atoms with Crippen molar-refractivity contribution in [3.05, 3.63) is 34.3 Å². The molecule has 1 heterocycles. The molecular weight excluding hydrogens is 292 g/mol. The lowest BCUT2D eigenvalue weighted by Gasteiger charge is -2.36. The summed E-state index contributed by atoms with van der Waals surface area (Å²) < 4.78 is -0.339. The Morgan fingerprint density at radius 1 is 1.45 bits per heavy atom. The van der Waals surface area contributed by atoms with Gasteiger partial charge in [-0.25, -0.2) is 0 Å². The Bertz CT molecular complexity index is 559. The van der Waals surface area contributed by atoms with Gasteiger partial charge < -0.3 is 4.90 Å². The van der Waals surface area contributed by atoms with Crippen molar-refractivity contribution in [2.75, 3.05) is 19.3 Å². The smallest absolute Gasteiger partial charge is 0.255 e. The fraction of sp³-hybridized carbons (Fsp3) is 0.467. The Balaban J connectivity index is 2.11. The molecule has 3 nitrogen and oxygen atoms in total. The van der Waals surface area contributed by atoms with Crippen molar-refractivity contribution in [2.24, 2.45) is 0 Å². The van der Waals surface area contributed by atoms with Gasteiger partial charge in [-0.2, -0.15) is 5.26 Å². The van der Waals surface area contributed by atoms with E-state index >= 15 is 0 Å². The molecule has 2 rings (SSSR count). The molecule has 0 atom stereocenters. The van der Waals surface area contributed by atoms with Gasteiger partial charge in [0.2, 0.25) is 0 Å². The number of rotatable bonds is 2. The number of hydrogen-bond acceptors (Lipinski definition) is 3. The van der Waals surface area contributed by atoms with Crippen molar-refractivity contribution in [3.8, 4) is 6.07 Å². The molecule has 0 aliphatic carbocycles. The minimum absolute atomic E-state index is 0.0392. The van der Waals surface area contributed by atoms with Gasteiger partial charge in [0.25, 0.3) is 5.91 Å². The maximum atomic E-state index is 12.5. The van der Waals surface area contributed by atoms with Crippen molar-refractivity contribution >= 4 is 29.3 Å². The first-order valence-corrected chi connectivity index (χ1v) is 8.13. The number of nitrogens with zero attached hydrogens (tertiary/aromatic N) is 2. The summed E-state index contributed by atoms with van der Waals surface area (Å²) in [5, 5.41) is 9.76. The van der Waals surface area contributed by atoms with Crippen LogP contribution in [0.25, 0.3) is 0 Å². The fourth-order valence-electron chi connectivity index (χ4n) is 2.40. The zero-order valence-corrected chi connectivity index (χ0v) is 13.2. The molecule has 1 aromatic rings. The second-order valence-corrected chi connectivity index (χ2v) is 6.68. The molecule has 0 spiro atoms. The van der Waals surface area contributed by atoms with Crippen LogP contribution in [0.15, 0.2) is 18.2 Å². The molecule has 1 fully saturated rings. The van der Waals surface area contributed by atoms with Gasteiger partial charge in [0.15, 0.2) is 0 Å². The lowest BCUT2D eigenvalue weighted by atomic mass is 9.96. The highest BCUT2D eigenvalue weighted by Gasteiger charge is 2.35. The van der Waals surface area contributed by atoms with E-state index in [0.29, 0.717) is 36.5 Å². The Kier molecular flexibility index (Phi) is 4.62. The SMILES string of the molecule is CSC1(C#N)CCN(C(=O)c2ccc(C)cc2Cl)CC1. The Labute approximate surface area is 128 Å². The first-order valence-electron chi connectivity index (χ1n) is 6.53. The fourth-order valence-corrected chi connectivity index (χ4v) is 3.39. The largest absolute Gasteiger partial charge is 0.338 e. The van der Waals surface area contributed by atoms with Crippen LogP contribution in [0.4, 0.5) is 0 Å². The third kappa shape index (κ3) is 2.94. The maximum Gasteiger partial charge on any atom is 0.255 e. The van der Waals surface area contributed by atoms with Crippen molar-refractivity contribution in [1.29, 1.82) is 5.26 Å². The van der Waals surface area contributed by atoms with Crippen molar-refractivity contribution in [2.45, 2.75) is 24.5 Å². The van der Waals surface area contributed by atoms with Gasteiger partial charge >= 0.3 is 0 Å². The summed E-state index contributed by atoms with van der Waals surface area (Å²) in [6.07, 6.45) is 3.37. The molecule has 1 aliphatic rings. The second kappa shape index (κ2) is 6.07. The molecule has 1 aliphatic heterocycles. The number of nitriles is 1. The highest BCUT2D eigenvalue weighted by Crippen LogP contribution is 2.34. The summed E-state index contributed by atoms with van der Waals surface area (Å²) in [7, 11) is 0. The first-order chi connectivity index (χ1) is 9.51. The van der Waals surface area contributed by atoms with Crippen molar-refractivity contribution in [3.63, 3.8) is 0 Å². The topological polar surface area (TPSA) is 44.1 Å². The average Bonchev–Trinajstić information content (AvgIpc) is 2.47. The van der Waals surface area contributed by atoms with Crippen LogP contribution in [-0.4, -0.2) is 34.9 Å². The summed E-state index contributed by atoms with van der Waals surface area (Å²) in [5.74, 6) is -0.0392. The van der Waals surface area contributed by atoms with E-state index in [1.807, 2.05) is 19.2 Å². The van der Waals surface area contributed by atoms with Crippen LogP contribution in [0.2, 0.25) is 5.02 Å². The van der Waals surface area contributed by atoms with E-state index in [0.717, 1.165) is 5.56 Å². The zero-order chi connectivity index (χ0) is 14.8. The third-order valence-corrected chi connectivity index (χ3v) is 5.40. The Hall–Kier alpha value is -1.18. The van der Waals surface area contributed by atoms with Crippen LogP contribution in [0, 0.1) is 18.3 Å². The van der Waals surface area contributed by atoms with Crippen LogP contribution >= 0.6 is 23.4 Å². The minimum Gasteiger partial charge on any atom is -0.338 e. The molecule has 1 amide bonds. The summed E-state index contributed by atoms with van der Waals surface area (Å²) in [5.41, 5.74) is 1.59. The Morgan fingerprint density at radius 2 is 2.10 bits per heavy atom. The normalized spacial score (nSPS) is 17.6. The van der Waals surface area contributed by atoms with Crippen LogP contribution < -0.4 is 0 Å². The summed E-state index contributed by atoms with van der Waals surface area (Å²) in [6.45, 7) is 3.16. The van der Waals surface area contributed by atoms with Crippen LogP contribution in [-0.2, 0) is 0 Å². The Morgan fingerprint density at radius 3 is 2.60 bits per heavy atom. The third-order valence-electron chi connectivity index (χ3n) is 3.81. The van der Waals surface area contributed by atoms with E-state index < -0.39 is 0 Å². The number of aryl methyl sites for hydroxylation is 1. The molecule has 106 valence electrons. The van der Waals surface area contributed by atoms with Gasteiger partial charge in [0.05, 0.1) is 16.7 Å². The number of benzene rings is 1. The molecule has 0 radical (unpaired) electrons. The van der Waals surface area contributed by atoms with Gasteiger partial charge in [0.1, 0.15) is 4.75 Å². The van der Waals surface area contributed by atoms with Gasteiger partial charge in [-0.05, 0) is 43.7 Å². The summed E-state index contributed by atoms with van der Waals surface area (Å²) >= 11 is 7.73. The average molecular weight is 309 g/mol. The van der Waals surface area contributed by atoms with Crippen LogP contribution in [0.5, 0.6) is 0 Å². The standard InChI is InChI=1S/C15H17ClN2OS/c1-11-3-4-12(13(16)9-11)14(19)18-7-5-15(10-17,20-2)6-8-18/h3-4,9H,5-8H2,1-2H3. The lowest BCUT2D eigenvalue weighted by Crippen LogP contribution is -2.44.